The summed E-state index contributed by atoms with van der Waals surface area (Å²) in [6, 6.07) is 39.3. The third-order valence-corrected chi connectivity index (χ3v) is 10.9. The Bertz CT molecular complexity index is 2970. The SMILES string of the molecule is COc1cccc(C2=C3C=CC(=N3)C(c3cccc(OC)c3)=c3ccc(n3C)=C(c3cccc(OC)c3)c3cc(cn3C)C(c3cccc(OC)c3)=C3C=CC2=N3)c1. The standard InChI is InChI=1S/C50H42N4O4/c1-53-30-35-29-46(53)50(34-14-10-18-39(28-34)58-6)45-24-23-44(54(45)2)49(33-13-9-17-38(27-33)57-5)43-22-21-42(52-43)48(32-12-8-16-37(26-32)56-4)41-20-19-40(51-41)47(35)31-11-7-15-36(25-31)55-3/h7-30H,1-6H3. The lowest BCUT2D eigenvalue weighted by molar-refractivity contribution is 0.414. The largest absolute Gasteiger partial charge is 0.497 e. The Hall–Kier alpha value is -7.32. The Balaban J connectivity index is 1.45. The lowest BCUT2D eigenvalue weighted by Gasteiger charge is -2.14. The number of fused-ring (bicyclic) bond motifs is 6. The molecule has 9 rings (SSSR count). The van der Waals surface area contributed by atoms with Gasteiger partial charge in [-0.05, 0) is 113 Å². The number of ether oxygens (including phenoxy) is 4. The van der Waals surface area contributed by atoms with Crippen LogP contribution >= 0.6 is 0 Å². The fourth-order valence-corrected chi connectivity index (χ4v) is 8.10. The molecule has 286 valence electrons. The molecule has 0 atom stereocenters. The summed E-state index contributed by atoms with van der Waals surface area (Å²) >= 11 is 0. The third kappa shape index (κ3) is 6.38. The van der Waals surface area contributed by atoms with E-state index in [-0.39, 0.29) is 0 Å². The molecule has 0 aliphatic carbocycles. The van der Waals surface area contributed by atoms with Crippen molar-refractivity contribution in [3.63, 3.8) is 0 Å². The molecule has 8 bridgehead atoms. The molecule has 58 heavy (non-hydrogen) atoms. The van der Waals surface area contributed by atoms with Gasteiger partial charge in [-0.15, -0.1) is 0 Å². The molecule has 0 saturated heterocycles. The van der Waals surface area contributed by atoms with E-state index in [0.29, 0.717) is 0 Å². The highest BCUT2D eigenvalue weighted by atomic mass is 16.5. The summed E-state index contributed by atoms with van der Waals surface area (Å²) in [7, 11) is 11.0. The fraction of sp³-hybridized carbons (Fsp3) is 0.120. The molecular formula is C50H42N4O4. The number of nitrogens with zero attached hydrogens (tertiary/aromatic N) is 4. The molecule has 8 nitrogen and oxygen atoms in total. The Morgan fingerprint density at radius 2 is 0.828 bits per heavy atom. The van der Waals surface area contributed by atoms with Crippen molar-refractivity contribution in [2.75, 3.05) is 28.4 Å². The molecule has 0 radical (unpaired) electrons. The highest BCUT2D eigenvalue weighted by molar-refractivity contribution is 6.35. The van der Waals surface area contributed by atoms with Crippen molar-refractivity contribution < 1.29 is 18.9 Å². The first-order valence-electron chi connectivity index (χ1n) is 19.1. The average Bonchev–Trinajstić information content (AvgIpc) is 4.08. The van der Waals surface area contributed by atoms with Gasteiger partial charge in [0.25, 0.3) is 0 Å². The maximum Gasteiger partial charge on any atom is 0.119 e. The number of aryl methyl sites for hydroxylation is 1. The van der Waals surface area contributed by atoms with Crippen LogP contribution in [0, 0.1) is 0 Å². The summed E-state index contributed by atoms with van der Waals surface area (Å²) in [4.78, 5) is 10.9. The van der Waals surface area contributed by atoms with Crippen LogP contribution in [0.1, 0.15) is 33.5 Å². The number of hydrogen-bond acceptors (Lipinski definition) is 6. The number of hydrogen-bond donors (Lipinski definition) is 0. The molecule has 6 aromatic rings. The third-order valence-electron chi connectivity index (χ3n) is 10.9. The van der Waals surface area contributed by atoms with Crippen LogP contribution in [0.25, 0.3) is 22.3 Å². The van der Waals surface area contributed by atoms with Gasteiger partial charge in [0.05, 0.1) is 67.6 Å². The summed E-state index contributed by atoms with van der Waals surface area (Å²) in [6.45, 7) is 0. The van der Waals surface area contributed by atoms with Gasteiger partial charge >= 0.3 is 0 Å². The van der Waals surface area contributed by atoms with Gasteiger partial charge in [0, 0.05) is 48.1 Å². The molecule has 0 spiro atoms. The van der Waals surface area contributed by atoms with E-state index in [1.165, 1.54) is 0 Å². The zero-order chi connectivity index (χ0) is 39.9. The Labute approximate surface area is 337 Å². The van der Waals surface area contributed by atoms with E-state index in [1.54, 1.807) is 28.4 Å². The van der Waals surface area contributed by atoms with Crippen LogP contribution in [0.4, 0.5) is 0 Å². The van der Waals surface area contributed by atoms with Gasteiger partial charge in [-0.1, -0.05) is 48.5 Å². The van der Waals surface area contributed by atoms with Crippen LogP contribution in [0.3, 0.4) is 0 Å². The Morgan fingerprint density at radius 1 is 0.414 bits per heavy atom. The van der Waals surface area contributed by atoms with Gasteiger partial charge in [-0.2, -0.15) is 0 Å². The highest BCUT2D eigenvalue weighted by Crippen LogP contribution is 2.38. The van der Waals surface area contributed by atoms with Gasteiger partial charge in [0.15, 0.2) is 0 Å². The van der Waals surface area contributed by atoms with Crippen molar-refractivity contribution in [1.82, 2.24) is 9.13 Å². The van der Waals surface area contributed by atoms with Crippen LogP contribution in [0.5, 0.6) is 23.0 Å². The predicted octanol–water partition coefficient (Wildman–Crippen LogP) is 8.05. The second-order valence-electron chi connectivity index (χ2n) is 14.2. The van der Waals surface area contributed by atoms with E-state index in [4.69, 9.17) is 28.9 Å². The topological polar surface area (TPSA) is 71.5 Å². The van der Waals surface area contributed by atoms with Crippen molar-refractivity contribution in [3.05, 3.63) is 201 Å². The van der Waals surface area contributed by atoms with Crippen LogP contribution in [-0.2, 0) is 14.1 Å². The molecule has 0 saturated carbocycles. The first kappa shape index (κ1) is 36.3. The number of methoxy groups -OCH3 is 4. The number of allylic oxidation sites excluding steroid dienone is 5. The molecule has 8 heteroatoms. The second kappa shape index (κ2) is 15.0. The Morgan fingerprint density at radius 3 is 1.33 bits per heavy atom. The number of rotatable bonds is 8. The van der Waals surface area contributed by atoms with Crippen LogP contribution in [0.2, 0.25) is 0 Å². The lowest BCUT2D eigenvalue weighted by Crippen LogP contribution is -2.29. The maximum atomic E-state index is 5.77. The van der Waals surface area contributed by atoms with Gasteiger partial charge in [0.1, 0.15) is 23.0 Å². The molecule has 3 aliphatic heterocycles. The minimum absolute atomic E-state index is 0.749. The van der Waals surface area contributed by atoms with E-state index in [1.807, 2.05) is 54.6 Å². The highest BCUT2D eigenvalue weighted by Gasteiger charge is 2.26. The molecule has 2 aromatic heterocycles. The van der Waals surface area contributed by atoms with Crippen molar-refractivity contribution >= 4 is 33.7 Å². The van der Waals surface area contributed by atoms with Gasteiger partial charge < -0.3 is 28.1 Å². The second-order valence-corrected chi connectivity index (χ2v) is 14.2. The van der Waals surface area contributed by atoms with E-state index in [2.05, 4.69) is 114 Å². The molecule has 0 fully saturated rings. The molecule has 5 heterocycles. The fourth-order valence-electron chi connectivity index (χ4n) is 8.10. The zero-order valence-electron chi connectivity index (χ0n) is 33.3. The quantitative estimate of drug-likeness (QED) is 0.158. The van der Waals surface area contributed by atoms with Crippen molar-refractivity contribution in [2.45, 2.75) is 0 Å². The zero-order valence-corrected chi connectivity index (χ0v) is 33.3. The molecule has 0 N–H and O–H groups in total. The first-order chi connectivity index (χ1) is 28.4. The van der Waals surface area contributed by atoms with Crippen molar-refractivity contribution in [2.24, 2.45) is 24.1 Å². The molecular weight excluding hydrogens is 721 g/mol. The van der Waals surface area contributed by atoms with Gasteiger partial charge in [-0.3, -0.25) is 0 Å². The monoisotopic (exact) mass is 762 g/mol. The van der Waals surface area contributed by atoms with Gasteiger partial charge in [0.2, 0.25) is 0 Å². The minimum atomic E-state index is 0.749. The summed E-state index contributed by atoms with van der Waals surface area (Å²) in [6.07, 6.45) is 10.6. The molecule has 3 aliphatic rings. The van der Waals surface area contributed by atoms with Crippen LogP contribution in [0.15, 0.2) is 167 Å². The molecule has 0 unspecified atom stereocenters. The number of aliphatic imine (C=N–C) groups is 2. The lowest BCUT2D eigenvalue weighted by atomic mass is 9.96. The Kier molecular flexibility index (Phi) is 9.38. The summed E-state index contributed by atoms with van der Waals surface area (Å²) < 4.78 is 27.4. The predicted molar refractivity (Wildman–Crippen MR) is 232 cm³/mol. The van der Waals surface area contributed by atoms with Crippen LogP contribution < -0.4 is 29.6 Å². The average molecular weight is 763 g/mol. The van der Waals surface area contributed by atoms with Crippen molar-refractivity contribution in [1.29, 1.82) is 0 Å². The maximum absolute atomic E-state index is 5.77. The summed E-state index contributed by atoms with van der Waals surface area (Å²) in [5, 5.41) is 2.02. The van der Waals surface area contributed by atoms with E-state index in [9.17, 15) is 0 Å². The first-order valence-corrected chi connectivity index (χ1v) is 19.1. The van der Waals surface area contributed by atoms with E-state index < -0.39 is 0 Å². The molecule has 4 aromatic carbocycles. The van der Waals surface area contributed by atoms with Crippen molar-refractivity contribution in [3.8, 4) is 23.0 Å². The molecule has 0 amide bonds. The van der Waals surface area contributed by atoms with Gasteiger partial charge in [-0.25, -0.2) is 9.98 Å². The summed E-state index contributed by atoms with van der Waals surface area (Å²) in [5.74, 6) is 3.05. The summed E-state index contributed by atoms with van der Waals surface area (Å²) in [5.41, 5.74) is 13.1. The smallest absolute Gasteiger partial charge is 0.119 e. The number of aromatic nitrogens is 2. The van der Waals surface area contributed by atoms with Crippen LogP contribution in [-0.4, -0.2) is 49.0 Å². The minimum Gasteiger partial charge on any atom is -0.497 e. The number of benzene rings is 4. The normalized spacial score (nSPS) is 14.6. The van der Waals surface area contributed by atoms with E-state index >= 15 is 0 Å². The van der Waals surface area contributed by atoms with E-state index in [0.717, 1.165) is 112 Å².